The number of anilines is 1. The number of nitrogens with zero attached hydrogens (tertiary/aromatic N) is 4. The third-order valence-electron chi connectivity index (χ3n) is 5.91. The molecule has 0 bridgehead atoms. The van der Waals surface area contributed by atoms with Crippen molar-refractivity contribution in [1.29, 1.82) is 0 Å². The van der Waals surface area contributed by atoms with Crippen molar-refractivity contribution in [2.75, 3.05) is 18.4 Å². The van der Waals surface area contributed by atoms with Crippen molar-refractivity contribution in [3.63, 3.8) is 0 Å². The number of hydrogen-bond acceptors (Lipinski definition) is 5. The second-order valence-electron chi connectivity index (χ2n) is 8.20. The lowest BCUT2D eigenvalue weighted by atomic mass is 9.99. The summed E-state index contributed by atoms with van der Waals surface area (Å²) >= 11 is 13.1. The van der Waals surface area contributed by atoms with Crippen LogP contribution in [0, 0.1) is 11.7 Å². The van der Waals surface area contributed by atoms with Crippen LogP contribution in [0.3, 0.4) is 0 Å². The second-order valence-corrected chi connectivity index (χ2v) is 9.02. The van der Waals surface area contributed by atoms with Crippen LogP contribution in [0.1, 0.15) is 18.4 Å². The lowest BCUT2D eigenvalue weighted by Gasteiger charge is -2.24. The molecule has 1 atom stereocenters. The van der Waals surface area contributed by atoms with Gasteiger partial charge >= 0.3 is 0 Å². The molecule has 9 heteroatoms. The minimum Gasteiger partial charge on any atom is -0.350 e. The van der Waals surface area contributed by atoms with Crippen molar-refractivity contribution in [3.8, 4) is 11.4 Å². The molecule has 2 N–H and O–H groups in total. The molecule has 2 aromatic heterocycles. The summed E-state index contributed by atoms with van der Waals surface area (Å²) in [7, 11) is 0. The highest BCUT2D eigenvalue weighted by molar-refractivity contribution is 6.39. The van der Waals surface area contributed by atoms with Crippen LogP contribution >= 0.6 is 23.2 Å². The van der Waals surface area contributed by atoms with Crippen molar-refractivity contribution >= 4 is 40.3 Å². The fourth-order valence-electron chi connectivity index (χ4n) is 4.23. The summed E-state index contributed by atoms with van der Waals surface area (Å²) < 4.78 is 16.1. The van der Waals surface area contributed by atoms with E-state index in [0.29, 0.717) is 50.0 Å². The molecule has 0 unspecified atom stereocenters. The number of nitrogens with one attached hydrogen (secondary N) is 2. The molecule has 1 aliphatic heterocycles. The summed E-state index contributed by atoms with van der Waals surface area (Å²) in [5.74, 6) is 1.25. The van der Waals surface area contributed by atoms with Gasteiger partial charge in [-0.15, -0.1) is 0 Å². The van der Waals surface area contributed by atoms with Crippen molar-refractivity contribution in [1.82, 2.24) is 24.8 Å². The van der Waals surface area contributed by atoms with Crippen LogP contribution in [-0.4, -0.2) is 32.6 Å². The Morgan fingerprint density at radius 2 is 1.91 bits per heavy atom. The average molecular weight is 485 g/mol. The molecule has 0 amide bonds. The van der Waals surface area contributed by atoms with Crippen molar-refractivity contribution in [2.45, 2.75) is 25.9 Å². The van der Waals surface area contributed by atoms with E-state index >= 15 is 0 Å². The summed E-state index contributed by atoms with van der Waals surface area (Å²) in [4.78, 5) is 13.9. The van der Waals surface area contributed by atoms with Crippen LogP contribution in [0.15, 0.2) is 48.7 Å². The van der Waals surface area contributed by atoms with Crippen LogP contribution in [0.25, 0.3) is 22.6 Å². The quantitative estimate of drug-likeness (QED) is 0.375. The number of piperidine rings is 1. The highest BCUT2D eigenvalue weighted by Crippen LogP contribution is 2.36. The summed E-state index contributed by atoms with van der Waals surface area (Å²) in [6.07, 6.45) is 3.92. The minimum atomic E-state index is -0.267. The Hall–Kier alpha value is -2.74. The van der Waals surface area contributed by atoms with E-state index in [0.717, 1.165) is 32.5 Å². The highest BCUT2D eigenvalue weighted by Gasteiger charge is 2.23. The molecule has 0 aliphatic carbocycles. The highest BCUT2D eigenvalue weighted by atomic mass is 35.5. The third-order valence-corrected chi connectivity index (χ3v) is 6.54. The first-order valence-corrected chi connectivity index (χ1v) is 11.7. The SMILES string of the molecule is Fc1ccccc1CNc1ncc2nc(-c3c(Cl)cccc3Cl)n(C[C@@H]3CCCNC3)c2n1. The Bertz CT molecular complexity index is 1270. The Balaban J connectivity index is 1.55. The molecule has 5 rings (SSSR count). The van der Waals surface area contributed by atoms with E-state index in [1.165, 1.54) is 6.07 Å². The number of halogens is 3. The molecule has 1 saturated heterocycles. The van der Waals surface area contributed by atoms with Gasteiger partial charge in [-0.05, 0) is 50.0 Å². The van der Waals surface area contributed by atoms with E-state index < -0.39 is 0 Å². The van der Waals surface area contributed by atoms with E-state index in [2.05, 4.69) is 20.2 Å². The first-order chi connectivity index (χ1) is 16.1. The minimum absolute atomic E-state index is 0.267. The Morgan fingerprint density at radius 3 is 2.67 bits per heavy atom. The molecule has 4 aromatic rings. The van der Waals surface area contributed by atoms with E-state index in [1.54, 1.807) is 24.4 Å². The second kappa shape index (κ2) is 9.63. The summed E-state index contributed by atoms with van der Waals surface area (Å²) in [5.41, 5.74) is 2.58. The van der Waals surface area contributed by atoms with Gasteiger partial charge in [0.1, 0.15) is 17.2 Å². The fourth-order valence-corrected chi connectivity index (χ4v) is 4.80. The van der Waals surface area contributed by atoms with Crippen LogP contribution < -0.4 is 10.6 Å². The Morgan fingerprint density at radius 1 is 1.09 bits per heavy atom. The van der Waals surface area contributed by atoms with Crippen LogP contribution in [-0.2, 0) is 13.1 Å². The van der Waals surface area contributed by atoms with Gasteiger partial charge in [0.25, 0.3) is 0 Å². The van der Waals surface area contributed by atoms with Crippen LogP contribution in [0.5, 0.6) is 0 Å². The van der Waals surface area contributed by atoms with Gasteiger partial charge in [-0.1, -0.05) is 47.5 Å². The summed E-state index contributed by atoms with van der Waals surface area (Å²) in [6, 6.07) is 12.1. The average Bonchev–Trinajstić information content (AvgIpc) is 3.16. The zero-order valence-electron chi connectivity index (χ0n) is 17.9. The molecule has 0 saturated carbocycles. The molecule has 1 fully saturated rings. The maximum absolute atomic E-state index is 14.0. The van der Waals surface area contributed by atoms with E-state index in [1.807, 2.05) is 18.2 Å². The third kappa shape index (κ3) is 4.67. The Labute approximate surface area is 201 Å². The van der Waals surface area contributed by atoms with Crippen LogP contribution in [0.2, 0.25) is 10.0 Å². The van der Waals surface area contributed by atoms with Gasteiger partial charge in [0.2, 0.25) is 5.95 Å². The van der Waals surface area contributed by atoms with Gasteiger partial charge in [0.15, 0.2) is 5.65 Å². The fraction of sp³-hybridized carbons (Fsp3) is 0.292. The molecule has 0 spiro atoms. The molecule has 33 heavy (non-hydrogen) atoms. The van der Waals surface area contributed by atoms with Crippen molar-refractivity contribution in [2.24, 2.45) is 5.92 Å². The van der Waals surface area contributed by atoms with E-state index in [9.17, 15) is 4.39 Å². The maximum Gasteiger partial charge on any atom is 0.225 e. The summed E-state index contributed by atoms with van der Waals surface area (Å²) in [6.45, 7) is 2.97. The lowest BCUT2D eigenvalue weighted by Crippen LogP contribution is -2.32. The number of aromatic nitrogens is 4. The molecule has 3 heterocycles. The molecule has 2 aromatic carbocycles. The van der Waals surface area contributed by atoms with Gasteiger partial charge in [-0.2, -0.15) is 4.98 Å². The van der Waals surface area contributed by atoms with Gasteiger partial charge < -0.3 is 15.2 Å². The molecular formula is C24H23Cl2FN6. The van der Waals surface area contributed by atoms with Crippen molar-refractivity contribution < 1.29 is 4.39 Å². The molecule has 6 nitrogen and oxygen atoms in total. The zero-order valence-corrected chi connectivity index (χ0v) is 19.4. The number of fused-ring (bicyclic) bond motifs is 1. The van der Waals surface area contributed by atoms with Gasteiger partial charge in [-0.3, -0.25) is 0 Å². The topological polar surface area (TPSA) is 67.7 Å². The van der Waals surface area contributed by atoms with E-state index in [-0.39, 0.29) is 12.4 Å². The number of hydrogen-bond donors (Lipinski definition) is 2. The van der Waals surface area contributed by atoms with Gasteiger partial charge in [-0.25, -0.2) is 14.4 Å². The smallest absolute Gasteiger partial charge is 0.225 e. The van der Waals surface area contributed by atoms with Crippen molar-refractivity contribution in [3.05, 3.63) is 70.1 Å². The predicted molar refractivity (Wildman–Crippen MR) is 130 cm³/mol. The zero-order chi connectivity index (χ0) is 22.8. The number of rotatable bonds is 6. The number of benzene rings is 2. The molecule has 0 radical (unpaired) electrons. The number of imidazole rings is 1. The largest absolute Gasteiger partial charge is 0.350 e. The predicted octanol–water partition coefficient (Wildman–Crippen LogP) is 5.55. The molecule has 1 aliphatic rings. The standard InChI is InChI=1S/C24H23Cl2FN6/c25-17-7-3-8-18(26)21(17)23-31-20-13-30-24(29-12-16-6-1-2-9-19(16)27)32-22(20)33(23)14-15-5-4-10-28-11-15/h1-3,6-9,13,15,28H,4-5,10-12,14H2,(H,29,30,32)/t15-/m1/s1. The van der Waals surface area contributed by atoms with E-state index in [4.69, 9.17) is 33.2 Å². The van der Waals surface area contributed by atoms with Gasteiger partial charge in [0.05, 0.1) is 21.8 Å². The van der Waals surface area contributed by atoms with Crippen LogP contribution in [0.4, 0.5) is 10.3 Å². The normalized spacial score (nSPS) is 16.3. The first-order valence-electron chi connectivity index (χ1n) is 11.0. The maximum atomic E-state index is 14.0. The van der Waals surface area contributed by atoms with Gasteiger partial charge in [0, 0.05) is 18.7 Å². The first kappa shape index (κ1) is 22.1. The summed E-state index contributed by atoms with van der Waals surface area (Å²) in [5, 5.41) is 7.66. The molecule has 170 valence electrons. The lowest BCUT2D eigenvalue weighted by molar-refractivity contribution is 0.341. The molecular weight excluding hydrogens is 462 g/mol. The monoisotopic (exact) mass is 484 g/mol. The Kier molecular flexibility index (Phi) is 6.44.